The molecule has 2 aliphatic rings. The fraction of sp³-hybridized carbons (Fsp3) is 0.625. The summed E-state index contributed by atoms with van der Waals surface area (Å²) in [5.74, 6) is 2.31. The van der Waals surface area contributed by atoms with E-state index in [2.05, 4.69) is 23.2 Å². The molecule has 4 heteroatoms. The number of fused-ring (bicyclic) bond motifs is 1. The molecule has 0 aliphatic carbocycles. The van der Waals surface area contributed by atoms with Crippen molar-refractivity contribution in [1.29, 1.82) is 5.26 Å². The normalized spacial score (nSPS) is 28.5. The third-order valence-electron chi connectivity index (χ3n) is 4.85. The molecule has 2 saturated heterocycles. The summed E-state index contributed by atoms with van der Waals surface area (Å²) in [6.07, 6.45) is 1.11. The lowest BCUT2D eigenvalue weighted by Gasteiger charge is -2.29. The fourth-order valence-electron chi connectivity index (χ4n) is 3.95. The van der Waals surface area contributed by atoms with Gasteiger partial charge in [-0.1, -0.05) is 6.92 Å². The summed E-state index contributed by atoms with van der Waals surface area (Å²) >= 11 is 0. The SMILES string of the molecule is CCC1C2CNCC2CN1c1nc(C)cc(C)c1C#N. The minimum absolute atomic E-state index is 0.510. The Morgan fingerprint density at radius 2 is 2.25 bits per heavy atom. The number of aromatic nitrogens is 1. The Morgan fingerprint density at radius 3 is 2.95 bits per heavy atom. The average Bonchev–Trinajstić information content (AvgIpc) is 2.97. The van der Waals surface area contributed by atoms with E-state index in [1.54, 1.807) is 0 Å². The molecule has 0 radical (unpaired) electrons. The Kier molecular flexibility index (Phi) is 3.39. The molecular weight excluding hydrogens is 248 g/mol. The maximum atomic E-state index is 9.48. The first kappa shape index (κ1) is 13.4. The minimum atomic E-state index is 0.510. The fourth-order valence-corrected chi connectivity index (χ4v) is 3.95. The molecule has 20 heavy (non-hydrogen) atoms. The van der Waals surface area contributed by atoms with Crippen LogP contribution < -0.4 is 10.2 Å². The highest BCUT2D eigenvalue weighted by Gasteiger charge is 2.44. The van der Waals surface area contributed by atoms with E-state index in [9.17, 15) is 5.26 Å². The molecule has 3 heterocycles. The summed E-state index contributed by atoms with van der Waals surface area (Å²) < 4.78 is 0. The first-order valence-corrected chi connectivity index (χ1v) is 7.51. The highest BCUT2D eigenvalue weighted by atomic mass is 15.3. The number of aryl methyl sites for hydroxylation is 2. The van der Waals surface area contributed by atoms with Gasteiger partial charge < -0.3 is 10.2 Å². The second-order valence-electron chi connectivity index (χ2n) is 6.10. The van der Waals surface area contributed by atoms with E-state index >= 15 is 0 Å². The van der Waals surface area contributed by atoms with Crippen molar-refractivity contribution in [2.75, 3.05) is 24.5 Å². The molecule has 0 amide bonds. The number of nitriles is 1. The lowest BCUT2D eigenvalue weighted by atomic mass is 9.93. The number of anilines is 1. The van der Waals surface area contributed by atoms with Crippen LogP contribution in [0.2, 0.25) is 0 Å². The summed E-state index contributed by atoms with van der Waals surface area (Å²) in [5, 5.41) is 13.0. The van der Waals surface area contributed by atoms with Crippen molar-refractivity contribution in [2.45, 2.75) is 33.2 Å². The van der Waals surface area contributed by atoms with Gasteiger partial charge in [-0.3, -0.25) is 0 Å². The van der Waals surface area contributed by atoms with Crippen molar-refractivity contribution in [2.24, 2.45) is 11.8 Å². The molecule has 106 valence electrons. The molecule has 0 spiro atoms. The molecule has 0 aromatic carbocycles. The molecule has 1 aromatic rings. The van der Waals surface area contributed by atoms with Crippen LogP contribution in [0.4, 0.5) is 5.82 Å². The molecule has 3 rings (SSSR count). The second kappa shape index (κ2) is 5.06. The van der Waals surface area contributed by atoms with Crippen molar-refractivity contribution < 1.29 is 0 Å². The van der Waals surface area contributed by atoms with Crippen LogP contribution in [-0.2, 0) is 0 Å². The molecule has 2 aliphatic heterocycles. The number of hydrogen-bond acceptors (Lipinski definition) is 4. The summed E-state index contributed by atoms with van der Waals surface area (Å²) in [4.78, 5) is 7.09. The highest BCUT2D eigenvalue weighted by molar-refractivity contribution is 5.59. The van der Waals surface area contributed by atoms with Crippen molar-refractivity contribution in [3.05, 3.63) is 22.9 Å². The van der Waals surface area contributed by atoms with Crippen molar-refractivity contribution in [3.8, 4) is 6.07 Å². The largest absolute Gasteiger partial charge is 0.352 e. The third-order valence-corrected chi connectivity index (χ3v) is 4.85. The van der Waals surface area contributed by atoms with Crippen LogP contribution >= 0.6 is 0 Å². The van der Waals surface area contributed by atoms with Crippen LogP contribution in [0.1, 0.15) is 30.2 Å². The van der Waals surface area contributed by atoms with Gasteiger partial charge >= 0.3 is 0 Å². The molecule has 4 nitrogen and oxygen atoms in total. The van der Waals surface area contributed by atoms with E-state index in [0.717, 1.165) is 48.7 Å². The lowest BCUT2D eigenvalue weighted by molar-refractivity contribution is 0.441. The maximum absolute atomic E-state index is 9.48. The van der Waals surface area contributed by atoms with Gasteiger partial charge in [0.15, 0.2) is 0 Å². The average molecular weight is 270 g/mol. The van der Waals surface area contributed by atoms with Gasteiger partial charge in [0.2, 0.25) is 0 Å². The predicted octanol–water partition coefficient (Wildman–Crippen LogP) is 2.00. The molecule has 3 unspecified atom stereocenters. The molecule has 1 aromatic heterocycles. The van der Waals surface area contributed by atoms with Crippen LogP contribution in [0.25, 0.3) is 0 Å². The Hall–Kier alpha value is -1.60. The van der Waals surface area contributed by atoms with Gasteiger partial charge in [0, 0.05) is 31.4 Å². The van der Waals surface area contributed by atoms with Gasteiger partial charge in [-0.2, -0.15) is 5.26 Å². The zero-order chi connectivity index (χ0) is 14.3. The lowest BCUT2D eigenvalue weighted by Crippen LogP contribution is -2.36. The van der Waals surface area contributed by atoms with Gasteiger partial charge in [-0.15, -0.1) is 0 Å². The third kappa shape index (κ3) is 1.97. The van der Waals surface area contributed by atoms with Crippen LogP contribution in [0.15, 0.2) is 6.07 Å². The standard InChI is InChI=1S/C16H22N4/c1-4-15-14-8-18-7-12(14)9-20(15)16-13(6-17)10(2)5-11(3)19-16/h5,12,14-15,18H,4,7-9H2,1-3H3. The summed E-state index contributed by atoms with van der Waals surface area (Å²) in [7, 11) is 0. The van der Waals surface area contributed by atoms with E-state index in [-0.39, 0.29) is 0 Å². The first-order valence-electron chi connectivity index (χ1n) is 7.51. The number of nitrogens with zero attached hydrogens (tertiary/aromatic N) is 3. The van der Waals surface area contributed by atoms with Crippen molar-refractivity contribution in [1.82, 2.24) is 10.3 Å². The van der Waals surface area contributed by atoms with Crippen LogP contribution in [0, 0.1) is 37.0 Å². The van der Waals surface area contributed by atoms with Crippen LogP contribution in [0.3, 0.4) is 0 Å². The first-order chi connectivity index (χ1) is 9.65. The monoisotopic (exact) mass is 270 g/mol. The zero-order valence-electron chi connectivity index (χ0n) is 12.5. The van der Waals surface area contributed by atoms with Crippen molar-refractivity contribution >= 4 is 5.82 Å². The van der Waals surface area contributed by atoms with E-state index < -0.39 is 0 Å². The Balaban J connectivity index is 2.03. The number of hydrogen-bond donors (Lipinski definition) is 1. The summed E-state index contributed by atoms with van der Waals surface area (Å²) in [6.45, 7) is 9.50. The van der Waals surface area contributed by atoms with Crippen LogP contribution in [0.5, 0.6) is 0 Å². The van der Waals surface area contributed by atoms with Crippen LogP contribution in [-0.4, -0.2) is 30.7 Å². The van der Waals surface area contributed by atoms with Gasteiger partial charge in [0.05, 0.1) is 5.56 Å². The minimum Gasteiger partial charge on any atom is -0.352 e. The van der Waals surface area contributed by atoms with Gasteiger partial charge in [0.25, 0.3) is 0 Å². The van der Waals surface area contributed by atoms with E-state index in [0.29, 0.717) is 17.9 Å². The van der Waals surface area contributed by atoms with Gasteiger partial charge in [-0.25, -0.2) is 4.98 Å². The number of rotatable bonds is 2. The zero-order valence-corrected chi connectivity index (χ0v) is 12.5. The van der Waals surface area contributed by atoms with E-state index in [4.69, 9.17) is 4.98 Å². The quantitative estimate of drug-likeness (QED) is 0.893. The van der Waals surface area contributed by atoms with E-state index in [1.807, 2.05) is 19.9 Å². The highest BCUT2D eigenvalue weighted by Crippen LogP contribution is 2.38. The van der Waals surface area contributed by atoms with Crippen molar-refractivity contribution in [3.63, 3.8) is 0 Å². The molecular formula is C16H22N4. The smallest absolute Gasteiger partial charge is 0.147 e. The maximum Gasteiger partial charge on any atom is 0.147 e. The number of nitrogens with one attached hydrogen (secondary N) is 1. The molecule has 1 N–H and O–H groups in total. The Bertz CT molecular complexity index is 560. The summed E-state index contributed by atoms with van der Waals surface area (Å²) in [5.41, 5.74) is 2.79. The Morgan fingerprint density at radius 1 is 1.45 bits per heavy atom. The number of pyridine rings is 1. The molecule has 0 saturated carbocycles. The second-order valence-corrected chi connectivity index (χ2v) is 6.10. The topological polar surface area (TPSA) is 52.0 Å². The van der Waals surface area contributed by atoms with E-state index in [1.165, 1.54) is 0 Å². The molecule has 2 fully saturated rings. The molecule has 3 atom stereocenters. The summed E-state index contributed by atoms with van der Waals surface area (Å²) in [6, 6.07) is 4.87. The van der Waals surface area contributed by atoms with Gasteiger partial charge in [0.1, 0.15) is 11.9 Å². The Labute approximate surface area is 120 Å². The molecule has 0 bridgehead atoms. The van der Waals surface area contributed by atoms with Gasteiger partial charge in [-0.05, 0) is 43.7 Å². The predicted molar refractivity (Wildman–Crippen MR) is 79.7 cm³/mol.